The van der Waals surface area contributed by atoms with Crippen molar-refractivity contribution in [3.63, 3.8) is 0 Å². The Kier molecular flexibility index (Phi) is 5.94. The van der Waals surface area contributed by atoms with Crippen LogP contribution in [0, 0.1) is 5.92 Å². The van der Waals surface area contributed by atoms with Crippen molar-refractivity contribution in [3.8, 4) is 0 Å². The Bertz CT molecular complexity index is 647. The van der Waals surface area contributed by atoms with E-state index in [4.69, 9.17) is 5.73 Å². The summed E-state index contributed by atoms with van der Waals surface area (Å²) in [6.07, 6.45) is 0.582. The lowest BCUT2D eigenvalue weighted by Crippen LogP contribution is -2.30. The van der Waals surface area contributed by atoms with Gasteiger partial charge in [0.2, 0.25) is 5.91 Å². The summed E-state index contributed by atoms with van der Waals surface area (Å²) in [4.78, 5) is 15.8. The zero-order valence-electron chi connectivity index (χ0n) is 13.8. The van der Waals surface area contributed by atoms with Gasteiger partial charge in [-0.3, -0.25) is 4.79 Å². The second-order valence-electron chi connectivity index (χ2n) is 6.22. The van der Waals surface area contributed by atoms with E-state index in [9.17, 15) is 4.79 Å². The molecule has 4 heteroatoms. The predicted octanol–water partition coefficient (Wildman–Crippen LogP) is 3.37. The third-order valence-electron chi connectivity index (χ3n) is 4.65. The average molecular weight is 340 g/mol. The Morgan fingerprint density at radius 1 is 1.04 bits per heavy atom. The summed E-state index contributed by atoms with van der Waals surface area (Å²) in [7, 11) is 0. The molecule has 1 aliphatic rings. The van der Waals surface area contributed by atoms with Crippen LogP contribution in [0.5, 0.6) is 0 Å². The molecule has 2 atom stereocenters. The maximum atomic E-state index is 12.5. The molecule has 0 aliphatic carbocycles. The first kappa shape index (κ1) is 17.1. The van der Waals surface area contributed by atoms with Gasteiger partial charge in [0.15, 0.2) is 0 Å². The Hall–Kier alpha value is -1.78. The van der Waals surface area contributed by atoms with E-state index in [0.29, 0.717) is 24.8 Å². The molecule has 0 bridgehead atoms. The fourth-order valence-electron chi connectivity index (χ4n) is 3.32. The lowest BCUT2D eigenvalue weighted by Gasteiger charge is -2.16. The summed E-state index contributed by atoms with van der Waals surface area (Å²) in [5.41, 5.74) is 7.25. The molecule has 2 aromatic carbocycles. The van der Waals surface area contributed by atoms with Crippen LogP contribution in [-0.4, -0.2) is 36.2 Å². The number of hydrogen-bond acceptors (Lipinski definition) is 3. The van der Waals surface area contributed by atoms with Gasteiger partial charge in [0.05, 0.1) is 0 Å². The second kappa shape index (κ2) is 8.36. The summed E-state index contributed by atoms with van der Waals surface area (Å²) in [5, 5.41) is 0. The molecule has 2 aromatic rings. The second-order valence-corrected chi connectivity index (χ2v) is 7.39. The monoisotopic (exact) mass is 340 g/mol. The van der Waals surface area contributed by atoms with Gasteiger partial charge in [-0.1, -0.05) is 48.5 Å². The van der Waals surface area contributed by atoms with Gasteiger partial charge in [-0.15, -0.1) is 11.8 Å². The normalized spacial score (nSPS) is 20.3. The highest BCUT2D eigenvalue weighted by atomic mass is 32.2. The number of nitrogens with two attached hydrogens (primary N) is 1. The van der Waals surface area contributed by atoms with Crippen molar-refractivity contribution >= 4 is 17.7 Å². The maximum Gasteiger partial charge on any atom is 0.223 e. The number of amides is 1. The first-order valence-electron chi connectivity index (χ1n) is 8.48. The van der Waals surface area contributed by atoms with Gasteiger partial charge in [0.25, 0.3) is 0 Å². The molecule has 24 heavy (non-hydrogen) atoms. The molecule has 1 aliphatic heterocycles. The smallest absolute Gasteiger partial charge is 0.223 e. The van der Waals surface area contributed by atoms with E-state index in [1.807, 2.05) is 29.2 Å². The van der Waals surface area contributed by atoms with Crippen LogP contribution in [0.25, 0.3) is 0 Å². The third kappa shape index (κ3) is 4.19. The van der Waals surface area contributed by atoms with E-state index in [-0.39, 0.29) is 5.91 Å². The third-order valence-corrected chi connectivity index (χ3v) is 5.67. The number of rotatable bonds is 6. The van der Waals surface area contributed by atoms with E-state index in [1.54, 1.807) is 11.8 Å². The fourth-order valence-corrected chi connectivity index (χ4v) is 4.18. The highest BCUT2D eigenvalue weighted by molar-refractivity contribution is 7.99. The summed E-state index contributed by atoms with van der Waals surface area (Å²) in [5.74, 6) is 1.79. The van der Waals surface area contributed by atoms with Gasteiger partial charge in [0.1, 0.15) is 0 Å². The summed E-state index contributed by atoms with van der Waals surface area (Å²) in [6, 6.07) is 20.7. The maximum absolute atomic E-state index is 12.5. The highest BCUT2D eigenvalue weighted by Crippen LogP contribution is 2.32. The van der Waals surface area contributed by atoms with Crippen LogP contribution >= 0.6 is 11.8 Å². The molecule has 1 amide bonds. The van der Waals surface area contributed by atoms with Gasteiger partial charge in [-0.2, -0.15) is 0 Å². The zero-order chi connectivity index (χ0) is 16.8. The quantitative estimate of drug-likeness (QED) is 0.820. The Morgan fingerprint density at radius 2 is 1.71 bits per heavy atom. The Morgan fingerprint density at radius 3 is 2.38 bits per heavy atom. The van der Waals surface area contributed by atoms with Crippen molar-refractivity contribution in [1.82, 2.24) is 4.90 Å². The molecular weight excluding hydrogens is 316 g/mol. The number of benzene rings is 2. The summed E-state index contributed by atoms with van der Waals surface area (Å²) >= 11 is 1.74. The molecule has 0 spiro atoms. The van der Waals surface area contributed by atoms with Crippen LogP contribution in [0.1, 0.15) is 17.9 Å². The number of carbonyl (C=O) groups excluding carboxylic acids is 1. The van der Waals surface area contributed by atoms with Gasteiger partial charge >= 0.3 is 0 Å². The van der Waals surface area contributed by atoms with Crippen LogP contribution in [0.4, 0.5) is 0 Å². The number of thioether (sulfide) groups is 1. The molecule has 0 aromatic heterocycles. The first-order chi connectivity index (χ1) is 11.8. The minimum atomic E-state index is 0.246. The number of likely N-dealkylation sites (tertiary alicyclic amines) is 1. The van der Waals surface area contributed by atoms with E-state index in [1.165, 1.54) is 10.5 Å². The van der Waals surface area contributed by atoms with Crippen molar-refractivity contribution in [3.05, 3.63) is 66.2 Å². The lowest BCUT2D eigenvalue weighted by atomic mass is 9.89. The van der Waals surface area contributed by atoms with Crippen LogP contribution in [0.15, 0.2) is 65.6 Å². The van der Waals surface area contributed by atoms with Gasteiger partial charge in [0, 0.05) is 36.1 Å². The largest absolute Gasteiger partial charge is 0.342 e. The number of carbonyl (C=O) groups is 1. The minimum Gasteiger partial charge on any atom is -0.342 e. The molecule has 3 rings (SSSR count). The first-order valence-corrected chi connectivity index (χ1v) is 9.47. The van der Waals surface area contributed by atoms with Gasteiger partial charge < -0.3 is 10.6 Å². The molecular formula is C20H24N2OS. The molecule has 3 nitrogen and oxygen atoms in total. The number of hydrogen-bond donors (Lipinski definition) is 1. The topological polar surface area (TPSA) is 46.3 Å². The number of nitrogens with zero attached hydrogens (tertiary/aromatic N) is 1. The molecule has 1 heterocycles. The Balaban J connectivity index is 1.54. The van der Waals surface area contributed by atoms with Crippen molar-refractivity contribution in [2.24, 2.45) is 11.7 Å². The van der Waals surface area contributed by atoms with E-state index < -0.39 is 0 Å². The molecule has 1 saturated heterocycles. The van der Waals surface area contributed by atoms with E-state index >= 15 is 0 Å². The average Bonchev–Trinajstić information content (AvgIpc) is 3.08. The Labute approximate surface area is 148 Å². The zero-order valence-corrected chi connectivity index (χ0v) is 14.6. The van der Waals surface area contributed by atoms with Crippen molar-refractivity contribution in [2.45, 2.75) is 17.2 Å². The lowest BCUT2D eigenvalue weighted by molar-refractivity contribution is -0.129. The van der Waals surface area contributed by atoms with Crippen LogP contribution in [-0.2, 0) is 4.79 Å². The van der Waals surface area contributed by atoms with Crippen molar-refractivity contribution in [1.29, 1.82) is 0 Å². The molecule has 0 unspecified atom stereocenters. The molecule has 0 saturated carbocycles. The predicted molar refractivity (Wildman–Crippen MR) is 100 cm³/mol. The van der Waals surface area contributed by atoms with Crippen LogP contribution in [0.2, 0.25) is 0 Å². The van der Waals surface area contributed by atoms with Crippen LogP contribution in [0.3, 0.4) is 0 Å². The van der Waals surface area contributed by atoms with Crippen LogP contribution < -0.4 is 5.73 Å². The van der Waals surface area contributed by atoms with E-state index in [2.05, 4.69) is 36.4 Å². The van der Waals surface area contributed by atoms with Crippen molar-refractivity contribution in [2.75, 3.05) is 25.4 Å². The van der Waals surface area contributed by atoms with E-state index in [0.717, 1.165) is 18.8 Å². The molecule has 1 fully saturated rings. The minimum absolute atomic E-state index is 0.246. The molecule has 0 radical (unpaired) electrons. The highest BCUT2D eigenvalue weighted by Gasteiger charge is 2.34. The van der Waals surface area contributed by atoms with Gasteiger partial charge in [-0.05, 0) is 30.2 Å². The molecule has 126 valence electrons. The van der Waals surface area contributed by atoms with Crippen molar-refractivity contribution < 1.29 is 4.79 Å². The summed E-state index contributed by atoms with van der Waals surface area (Å²) < 4.78 is 0. The standard InChI is InChI=1S/C20H24N2OS/c21-13-17-14-22(15-19(17)16-7-3-1-4-8-16)20(23)11-12-24-18-9-5-2-6-10-18/h1-10,17,19H,11-15,21H2/t17-,19+/m1/s1. The summed E-state index contributed by atoms with van der Waals surface area (Å²) in [6.45, 7) is 2.20. The SMILES string of the molecule is NC[C@@H]1CN(C(=O)CCSc2ccccc2)C[C@H]1c1ccccc1. The van der Waals surface area contributed by atoms with Gasteiger partial charge in [-0.25, -0.2) is 0 Å². The fraction of sp³-hybridized carbons (Fsp3) is 0.350. The molecule has 2 N–H and O–H groups in total.